The largest absolute Gasteiger partial charge is 0.282 e. The Hall–Kier alpha value is -1.84. The molecule has 1 saturated heterocycles. The molecule has 9 heteroatoms. The third kappa shape index (κ3) is 2.99. The molecule has 0 aromatic carbocycles. The maximum atomic E-state index is 12.5. The molecular weight excluding hydrogens is 316 g/mol. The van der Waals surface area contributed by atoms with Gasteiger partial charge in [0.25, 0.3) is 10.2 Å². The summed E-state index contributed by atoms with van der Waals surface area (Å²) in [6.07, 6.45) is 3.23. The standard InChI is InChI=1S/C14H20N6O2S/c1-10-16-12(11-6-7-15-18-11)9-13(17-10)14-5-4-8-20(14)23(21,22)19(2)3/h6-7,9,14H,4-5,8H2,1-3H3,(H,15,18)/t14-/m0/s1. The molecule has 0 aliphatic carbocycles. The van der Waals surface area contributed by atoms with E-state index in [4.69, 9.17) is 0 Å². The molecule has 0 unspecified atom stereocenters. The second-order valence-corrected chi connectivity index (χ2v) is 7.85. The van der Waals surface area contributed by atoms with E-state index in [1.54, 1.807) is 20.3 Å². The van der Waals surface area contributed by atoms with Gasteiger partial charge >= 0.3 is 0 Å². The van der Waals surface area contributed by atoms with E-state index in [9.17, 15) is 8.42 Å². The first-order valence-electron chi connectivity index (χ1n) is 7.44. The van der Waals surface area contributed by atoms with Crippen LogP contribution in [0.1, 0.15) is 30.4 Å². The summed E-state index contributed by atoms with van der Waals surface area (Å²) >= 11 is 0. The Labute approximate surface area is 135 Å². The number of aromatic amines is 1. The average molecular weight is 336 g/mol. The number of nitrogens with one attached hydrogen (secondary N) is 1. The van der Waals surface area contributed by atoms with E-state index in [0.717, 1.165) is 29.9 Å². The smallest absolute Gasteiger partial charge is 0.276 e. The van der Waals surface area contributed by atoms with Crippen LogP contribution in [0.5, 0.6) is 0 Å². The monoisotopic (exact) mass is 336 g/mol. The van der Waals surface area contributed by atoms with Gasteiger partial charge in [0.15, 0.2) is 0 Å². The van der Waals surface area contributed by atoms with Crippen LogP contribution in [-0.4, -0.2) is 57.8 Å². The highest BCUT2D eigenvalue weighted by Gasteiger charge is 2.37. The predicted octanol–water partition coefficient (Wildman–Crippen LogP) is 1.12. The van der Waals surface area contributed by atoms with E-state index >= 15 is 0 Å². The van der Waals surface area contributed by atoms with Crippen molar-refractivity contribution in [1.82, 2.24) is 28.8 Å². The third-order valence-corrected chi connectivity index (χ3v) is 5.89. The Kier molecular flexibility index (Phi) is 4.17. The molecule has 3 rings (SSSR count). The molecule has 1 aliphatic rings. The Morgan fingerprint density at radius 1 is 1.35 bits per heavy atom. The minimum Gasteiger partial charge on any atom is -0.276 e. The van der Waals surface area contributed by atoms with Gasteiger partial charge in [-0.2, -0.15) is 22.1 Å². The number of aryl methyl sites for hydroxylation is 1. The fourth-order valence-electron chi connectivity index (χ4n) is 2.82. The quantitative estimate of drug-likeness (QED) is 0.903. The highest BCUT2D eigenvalue weighted by molar-refractivity contribution is 7.86. The van der Waals surface area contributed by atoms with Crippen molar-refractivity contribution in [1.29, 1.82) is 0 Å². The lowest BCUT2D eigenvalue weighted by atomic mass is 10.1. The summed E-state index contributed by atoms with van der Waals surface area (Å²) in [4.78, 5) is 8.89. The zero-order valence-electron chi connectivity index (χ0n) is 13.4. The minimum atomic E-state index is -3.47. The molecule has 8 nitrogen and oxygen atoms in total. The van der Waals surface area contributed by atoms with Gasteiger partial charge in [-0.15, -0.1) is 0 Å². The van der Waals surface area contributed by atoms with Crippen molar-refractivity contribution in [2.45, 2.75) is 25.8 Å². The van der Waals surface area contributed by atoms with Crippen molar-refractivity contribution in [2.24, 2.45) is 0 Å². The molecule has 23 heavy (non-hydrogen) atoms. The van der Waals surface area contributed by atoms with Crippen molar-refractivity contribution in [3.63, 3.8) is 0 Å². The van der Waals surface area contributed by atoms with Crippen LogP contribution >= 0.6 is 0 Å². The molecule has 1 N–H and O–H groups in total. The van der Waals surface area contributed by atoms with Crippen LogP contribution in [0.25, 0.3) is 11.4 Å². The Balaban J connectivity index is 2.01. The summed E-state index contributed by atoms with van der Waals surface area (Å²) in [6, 6.07) is 3.41. The van der Waals surface area contributed by atoms with E-state index in [-0.39, 0.29) is 6.04 Å². The number of H-pyrrole nitrogens is 1. The molecule has 2 aromatic rings. The van der Waals surface area contributed by atoms with Crippen LogP contribution < -0.4 is 0 Å². The highest BCUT2D eigenvalue weighted by atomic mass is 32.2. The molecular formula is C14H20N6O2S. The maximum absolute atomic E-state index is 12.5. The van der Waals surface area contributed by atoms with E-state index in [2.05, 4.69) is 20.2 Å². The van der Waals surface area contributed by atoms with Crippen molar-refractivity contribution >= 4 is 10.2 Å². The molecule has 124 valence electrons. The van der Waals surface area contributed by atoms with Gasteiger partial charge in [-0.25, -0.2) is 9.97 Å². The van der Waals surface area contributed by atoms with Crippen molar-refractivity contribution in [2.75, 3.05) is 20.6 Å². The second kappa shape index (κ2) is 5.99. The van der Waals surface area contributed by atoms with E-state index in [1.165, 1.54) is 8.61 Å². The van der Waals surface area contributed by atoms with E-state index < -0.39 is 10.2 Å². The number of hydrogen-bond donors (Lipinski definition) is 1. The first-order valence-corrected chi connectivity index (χ1v) is 8.84. The van der Waals surface area contributed by atoms with Crippen molar-refractivity contribution < 1.29 is 8.42 Å². The van der Waals surface area contributed by atoms with Crippen LogP contribution in [0.2, 0.25) is 0 Å². The van der Waals surface area contributed by atoms with Gasteiger partial charge in [-0.3, -0.25) is 5.10 Å². The van der Waals surface area contributed by atoms with Crippen LogP contribution in [0.15, 0.2) is 18.3 Å². The second-order valence-electron chi connectivity index (χ2n) is 5.75. The van der Waals surface area contributed by atoms with Crippen molar-refractivity contribution in [3.8, 4) is 11.4 Å². The van der Waals surface area contributed by atoms with Gasteiger partial charge in [0.1, 0.15) is 5.82 Å². The highest BCUT2D eigenvalue weighted by Crippen LogP contribution is 2.34. The molecule has 2 aromatic heterocycles. The van der Waals surface area contributed by atoms with E-state index in [1.807, 2.05) is 19.1 Å². The summed E-state index contributed by atoms with van der Waals surface area (Å²) in [5, 5.41) is 6.81. The molecule has 1 fully saturated rings. The van der Waals surface area contributed by atoms with Gasteiger partial charge in [0, 0.05) is 26.8 Å². The Morgan fingerprint density at radius 3 is 2.78 bits per heavy atom. The lowest BCUT2D eigenvalue weighted by Crippen LogP contribution is -2.39. The first kappa shape index (κ1) is 16.0. The molecule has 0 amide bonds. The summed E-state index contributed by atoms with van der Waals surface area (Å²) < 4.78 is 27.8. The lowest BCUT2D eigenvalue weighted by Gasteiger charge is -2.26. The van der Waals surface area contributed by atoms with Gasteiger partial charge in [0.05, 0.1) is 23.1 Å². The van der Waals surface area contributed by atoms with Crippen molar-refractivity contribution in [3.05, 3.63) is 29.8 Å². The van der Waals surface area contributed by atoms with Gasteiger partial charge in [0.2, 0.25) is 0 Å². The van der Waals surface area contributed by atoms with Gasteiger partial charge in [-0.1, -0.05) is 0 Å². The van der Waals surface area contributed by atoms with Crippen LogP contribution in [0.4, 0.5) is 0 Å². The predicted molar refractivity (Wildman–Crippen MR) is 85.6 cm³/mol. The summed E-state index contributed by atoms with van der Waals surface area (Å²) in [5.41, 5.74) is 2.24. The summed E-state index contributed by atoms with van der Waals surface area (Å²) in [7, 11) is -0.372. The van der Waals surface area contributed by atoms with Gasteiger partial charge in [-0.05, 0) is 31.9 Å². The maximum Gasteiger partial charge on any atom is 0.282 e. The molecule has 3 heterocycles. The van der Waals surface area contributed by atoms with E-state index in [0.29, 0.717) is 12.4 Å². The zero-order chi connectivity index (χ0) is 16.6. The lowest BCUT2D eigenvalue weighted by molar-refractivity contribution is 0.357. The topological polar surface area (TPSA) is 95.1 Å². The first-order chi connectivity index (χ1) is 10.9. The molecule has 0 radical (unpaired) electrons. The number of hydrogen-bond acceptors (Lipinski definition) is 5. The number of aromatic nitrogens is 4. The normalized spacial score (nSPS) is 19.6. The molecule has 0 bridgehead atoms. The number of rotatable bonds is 4. The zero-order valence-corrected chi connectivity index (χ0v) is 14.2. The summed E-state index contributed by atoms with van der Waals surface area (Å²) in [6.45, 7) is 2.32. The molecule has 0 spiro atoms. The van der Waals surface area contributed by atoms with Crippen LogP contribution in [0, 0.1) is 6.92 Å². The molecule has 1 aliphatic heterocycles. The number of nitrogens with zero attached hydrogens (tertiary/aromatic N) is 5. The molecule has 1 atom stereocenters. The minimum absolute atomic E-state index is 0.259. The third-order valence-electron chi connectivity index (χ3n) is 3.94. The molecule has 0 saturated carbocycles. The van der Waals surface area contributed by atoms with Gasteiger partial charge < -0.3 is 0 Å². The summed E-state index contributed by atoms with van der Waals surface area (Å²) in [5.74, 6) is 0.612. The van der Waals surface area contributed by atoms with Crippen LogP contribution in [-0.2, 0) is 10.2 Å². The average Bonchev–Trinajstić information content (AvgIpc) is 3.18. The fraction of sp³-hybridized carbons (Fsp3) is 0.500. The fourth-order valence-corrected chi connectivity index (χ4v) is 4.13. The SMILES string of the molecule is Cc1nc(-c2ccn[nH]2)cc([C@@H]2CCCN2S(=O)(=O)N(C)C)n1. The van der Waals surface area contributed by atoms with Crippen LogP contribution in [0.3, 0.4) is 0 Å². The Morgan fingerprint density at radius 2 is 2.13 bits per heavy atom. The Bertz CT molecular complexity index is 788.